The molecule has 0 aliphatic heterocycles. The highest BCUT2D eigenvalue weighted by Crippen LogP contribution is 1.97. The van der Waals surface area contributed by atoms with Crippen molar-refractivity contribution in [1.82, 2.24) is 10.6 Å². The largest absolute Gasteiger partial charge is 0.481 e. The molecule has 0 bridgehead atoms. The second-order valence-corrected chi connectivity index (χ2v) is 2.61. The first kappa shape index (κ1) is 12.2. The number of nitrogens with one attached hydrogen (secondary N) is 2. The fraction of sp³-hybridized carbons (Fsp3) is 0.571. The molecule has 0 radical (unpaired) electrons. The molecular weight excluding hydrogens is 190 g/mol. The van der Waals surface area contributed by atoms with E-state index in [4.69, 9.17) is 10.8 Å². The third-order valence-electron chi connectivity index (χ3n) is 1.53. The first-order chi connectivity index (χ1) is 6.47. The first-order valence-electron chi connectivity index (χ1n) is 3.96. The van der Waals surface area contributed by atoms with E-state index < -0.39 is 23.9 Å². The molecule has 80 valence electrons. The summed E-state index contributed by atoms with van der Waals surface area (Å²) in [6, 6.07) is -1.75. The number of carbonyl (C=O) groups is 3. The predicted molar refractivity (Wildman–Crippen MR) is 47.4 cm³/mol. The van der Waals surface area contributed by atoms with Gasteiger partial charge in [-0.2, -0.15) is 0 Å². The summed E-state index contributed by atoms with van der Waals surface area (Å²) in [5.41, 5.74) is 4.81. The van der Waals surface area contributed by atoms with Crippen LogP contribution in [-0.4, -0.2) is 36.1 Å². The average Bonchev–Trinajstić information content (AvgIpc) is 2.10. The van der Waals surface area contributed by atoms with E-state index in [9.17, 15) is 14.4 Å². The van der Waals surface area contributed by atoms with Crippen LogP contribution in [0.15, 0.2) is 0 Å². The van der Waals surface area contributed by atoms with Crippen LogP contribution in [0.1, 0.15) is 12.8 Å². The van der Waals surface area contributed by atoms with E-state index in [-0.39, 0.29) is 12.8 Å². The fourth-order valence-electron chi connectivity index (χ4n) is 0.883. The second kappa shape index (κ2) is 5.79. The molecule has 14 heavy (non-hydrogen) atoms. The Kier molecular flexibility index (Phi) is 5.05. The lowest BCUT2D eigenvalue weighted by molar-refractivity contribution is -0.137. The Balaban J connectivity index is 4.17. The molecule has 0 fully saturated rings. The van der Waals surface area contributed by atoms with Gasteiger partial charge in [-0.25, -0.2) is 4.79 Å². The minimum atomic E-state index is -1.04. The van der Waals surface area contributed by atoms with Crippen LogP contribution in [0.4, 0.5) is 4.79 Å². The highest BCUT2D eigenvalue weighted by atomic mass is 16.4. The smallest absolute Gasteiger partial charge is 0.312 e. The highest BCUT2D eigenvalue weighted by molar-refractivity contribution is 5.86. The van der Waals surface area contributed by atoms with Crippen molar-refractivity contribution in [1.29, 1.82) is 0 Å². The van der Waals surface area contributed by atoms with E-state index in [0.29, 0.717) is 0 Å². The van der Waals surface area contributed by atoms with Gasteiger partial charge in [-0.3, -0.25) is 9.59 Å². The molecule has 3 amide bonds. The molecule has 0 aliphatic carbocycles. The number of nitrogens with two attached hydrogens (primary N) is 1. The first-order valence-corrected chi connectivity index (χ1v) is 3.96. The molecule has 1 unspecified atom stereocenters. The number of primary amides is 1. The van der Waals surface area contributed by atoms with Crippen molar-refractivity contribution in [3.05, 3.63) is 0 Å². The normalized spacial score (nSPS) is 11.5. The van der Waals surface area contributed by atoms with Gasteiger partial charge in [0.25, 0.3) is 0 Å². The number of hydrogen-bond donors (Lipinski definition) is 4. The van der Waals surface area contributed by atoms with Crippen LogP contribution in [0.2, 0.25) is 0 Å². The molecule has 5 N–H and O–H groups in total. The summed E-state index contributed by atoms with van der Waals surface area (Å²) < 4.78 is 0. The molecule has 0 aliphatic rings. The van der Waals surface area contributed by atoms with Gasteiger partial charge < -0.3 is 21.5 Å². The molecule has 0 spiro atoms. The van der Waals surface area contributed by atoms with Crippen LogP contribution < -0.4 is 16.4 Å². The molecule has 0 saturated carbocycles. The Morgan fingerprint density at radius 3 is 2.36 bits per heavy atom. The van der Waals surface area contributed by atoms with Crippen LogP contribution >= 0.6 is 0 Å². The molecule has 0 saturated heterocycles. The molecule has 0 aromatic heterocycles. The number of amides is 3. The number of rotatable bonds is 5. The number of hydrogen-bond acceptors (Lipinski definition) is 3. The molecule has 7 nitrogen and oxygen atoms in total. The minimum absolute atomic E-state index is 0.0119. The van der Waals surface area contributed by atoms with Gasteiger partial charge in [0.2, 0.25) is 5.91 Å². The molecule has 7 heteroatoms. The Morgan fingerprint density at radius 2 is 2.00 bits per heavy atom. The SMILES string of the molecule is CNC(=O)C(CCC(=O)O)NC(N)=O. The summed E-state index contributed by atoms with van der Waals surface area (Å²) in [4.78, 5) is 31.8. The van der Waals surface area contributed by atoms with Crippen molar-refractivity contribution >= 4 is 17.9 Å². The zero-order valence-corrected chi connectivity index (χ0v) is 7.74. The third kappa shape index (κ3) is 4.96. The monoisotopic (exact) mass is 203 g/mol. The third-order valence-corrected chi connectivity index (χ3v) is 1.53. The second-order valence-electron chi connectivity index (χ2n) is 2.61. The summed E-state index contributed by atoms with van der Waals surface area (Å²) in [5.74, 6) is -1.50. The Labute approximate surface area is 80.6 Å². The maximum absolute atomic E-state index is 11.1. The Hall–Kier alpha value is -1.79. The van der Waals surface area contributed by atoms with Gasteiger partial charge in [0.15, 0.2) is 0 Å². The van der Waals surface area contributed by atoms with E-state index in [1.165, 1.54) is 7.05 Å². The molecule has 0 aromatic carbocycles. The van der Waals surface area contributed by atoms with Crippen molar-refractivity contribution < 1.29 is 19.5 Å². The molecule has 0 rings (SSSR count). The van der Waals surface area contributed by atoms with Gasteiger partial charge in [-0.05, 0) is 6.42 Å². The zero-order chi connectivity index (χ0) is 11.1. The van der Waals surface area contributed by atoms with E-state index in [2.05, 4.69) is 10.6 Å². The quantitative estimate of drug-likeness (QED) is 0.440. The van der Waals surface area contributed by atoms with Crippen molar-refractivity contribution in [2.75, 3.05) is 7.05 Å². The highest BCUT2D eigenvalue weighted by Gasteiger charge is 2.19. The molecule has 0 heterocycles. The molecular formula is C7H13N3O4. The van der Waals surface area contributed by atoms with Crippen molar-refractivity contribution in [2.45, 2.75) is 18.9 Å². The number of carboxylic acid groups (broad SMARTS) is 1. The number of aliphatic carboxylic acids is 1. The van der Waals surface area contributed by atoms with E-state index in [1.807, 2.05) is 0 Å². The summed E-state index contributed by atoms with van der Waals surface area (Å²) in [6.45, 7) is 0. The van der Waals surface area contributed by atoms with Gasteiger partial charge in [0.05, 0.1) is 0 Å². The summed E-state index contributed by atoms with van der Waals surface area (Å²) in [6.07, 6.45) is -0.198. The topological polar surface area (TPSA) is 122 Å². The number of carboxylic acids is 1. The summed E-state index contributed by atoms with van der Waals surface area (Å²) in [7, 11) is 1.39. The Bertz CT molecular complexity index is 241. The standard InChI is InChI=1S/C7H13N3O4/c1-9-6(13)4(10-7(8)14)2-3-5(11)12/h4H,2-3H2,1H3,(H,9,13)(H,11,12)(H3,8,10,14). The minimum Gasteiger partial charge on any atom is -0.481 e. The van der Waals surface area contributed by atoms with Gasteiger partial charge in [0.1, 0.15) is 6.04 Å². The predicted octanol–water partition coefficient (Wildman–Crippen LogP) is -1.37. The van der Waals surface area contributed by atoms with Gasteiger partial charge in [0, 0.05) is 13.5 Å². The summed E-state index contributed by atoms with van der Waals surface area (Å²) >= 11 is 0. The van der Waals surface area contributed by atoms with Crippen molar-refractivity contribution in [3.63, 3.8) is 0 Å². The van der Waals surface area contributed by atoms with Crippen LogP contribution in [0.25, 0.3) is 0 Å². The van der Waals surface area contributed by atoms with E-state index in [0.717, 1.165) is 0 Å². The van der Waals surface area contributed by atoms with Crippen LogP contribution in [-0.2, 0) is 9.59 Å². The van der Waals surface area contributed by atoms with Crippen molar-refractivity contribution in [2.24, 2.45) is 5.73 Å². The lowest BCUT2D eigenvalue weighted by Crippen LogP contribution is -2.47. The summed E-state index contributed by atoms with van der Waals surface area (Å²) in [5, 5.41) is 12.8. The number of likely N-dealkylation sites (N-methyl/N-ethyl adjacent to an activating group) is 1. The van der Waals surface area contributed by atoms with Crippen molar-refractivity contribution in [3.8, 4) is 0 Å². The number of urea groups is 1. The lowest BCUT2D eigenvalue weighted by Gasteiger charge is -2.14. The maximum atomic E-state index is 11.1. The van der Waals surface area contributed by atoms with E-state index in [1.54, 1.807) is 0 Å². The Morgan fingerprint density at radius 1 is 1.43 bits per heavy atom. The lowest BCUT2D eigenvalue weighted by atomic mass is 10.1. The zero-order valence-electron chi connectivity index (χ0n) is 7.74. The number of carbonyl (C=O) groups excluding carboxylic acids is 2. The van der Waals surface area contributed by atoms with Crippen LogP contribution in [0.5, 0.6) is 0 Å². The van der Waals surface area contributed by atoms with Gasteiger partial charge in [-0.1, -0.05) is 0 Å². The fourth-order valence-corrected chi connectivity index (χ4v) is 0.883. The maximum Gasteiger partial charge on any atom is 0.312 e. The van der Waals surface area contributed by atoms with Gasteiger partial charge >= 0.3 is 12.0 Å². The molecule has 1 atom stereocenters. The average molecular weight is 203 g/mol. The molecule has 0 aromatic rings. The van der Waals surface area contributed by atoms with E-state index >= 15 is 0 Å². The van der Waals surface area contributed by atoms with Crippen LogP contribution in [0, 0.1) is 0 Å². The van der Waals surface area contributed by atoms with Crippen LogP contribution in [0.3, 0.4) is 0 Å². The van der Waals surface area contributed by atoms with Gasteiger partial charge in [-0.15, -0.1) is 0 Å².